The van der Waals surface area contributed by atoms with E-state index >= 15 is 0 Å². The summed E-state index contributed by atoms with van der Waals surface area (Å²) in [5, 5.41) is 0.591. The molecule has 1 amide bonds. The van der Waals surface area contributed by atoms with Gasteiger partial charge in [-0.05, 0) is 36.2 Å². The summed E-state index contributed by atoms with van der Waals surface area (Å²) in [6.07, 6.45) is 0.386. The molecule has 4 aromatic rings. The van der Waals surface area contributed by atoms with Crippen molar-refractivity contribution in [2.24, 2.45) is 7.05 Å². The van der Waals surface area contributed by atoms with Crippen LogP contribution in [-0.4, -0.2) is 15.5 Å². The molecule has 5 rings (SSSR count). The Labute approximate surface area is 180 Å². The molecule has 1 aliphatic heterocycles. The molecule has 1 aromatic heterocycles. The Balaban J connectivity index is 1.56. The molecule has 0 fully saturated rings. The first kappa shape index (κ1) is 19.2. The van der Waals surface area contributed by atoms with E-state index in [1.165, 1.54) is 0 Å². The summed E-state index contributed by atoms with van der Waals surface area (Å²) in [5.41, 5.74) is 4.71. The Morgan fingerprint density at radius 3 is 2.48 bits per heavy atom. The molecule has 2 heterocycles. The predicted octanol–water partition coefficient (Wildman–Crippen LogP) is 4.12. The van der Waals surface area contributed by atoms with Crippen LogP contribution in [0.1, 0.15) is 28.4 Å². The molecule has 0 N–H and O–H groups in total. The van der Waals surface area contributed by atoms with Crippen LogP contribution in [0.2, 0.25) is 0 Å². The normalized spacial score (nSPS) is 15.5. The Hall–Kier alpha value is -3.73. The lowest BCUT2D eigenvalue weighted by Gasteiger charge is -2.18. The number of para-hydroxylation sites is 1. The third-order valence-electron chi connectivity index (χ3n) is 6.06. The number of rotatable bonds is 4. The number of hydrogen-bond acceptors (Lipinski definition) is 3. The van der Waals surface area contributed by atoms with Crippen molar-refractivity contribution in [3.8, 4) is 0 Å². The summed E-state index contributed by atoms with van der Waals surface area (Å²) in [6.45, 7) is 2.56. The topological polar surface area (TPSA) is 55.2 Å². The lowest BCUT2D eigenvalue weighted by Crippen LogP contribution is -2.30. The number of carbonyl (C=O) groups excluding carboxylic acids is 1. The fourth-order valence-corrected chi connectivity index (χ4v) is 4.39. The molecule has 1 aliphatic rings. The van der Waals surface area contributed by atoms with Crippen molar-refractivity contribution in [3.63, 3.8) is 0 Å². The fourth-order valence-electron chi connectivity index (χ4n) is 4.39. The van der Waals surface area contributed by atoms with Gasteiger partial charge in [0.25, 0.3) is 5.56 Å². The number of aromatic nitrogens is 2. The van der Waals surface area contributed by atoms with Gasteiger partial charge in [-0.1, -0.05) is 60.2 Å². The Morgan fingerprint density at radius 2 is 1.68 bits per heavy atom. The number of carbonyl (C=O) groups is 1. The second-order valence-electron chi connectivity index (χ2n) is 8.14. The van der Waals surface area contributed by atoms with Crippen LogP contribution < -0.4 is 10.5 Å². The summed E-state index contributed by atoms with van der Waals surface area (Å²) >= 11 is 0. The summed E-state index contributed by atoms with van der Waals surface area (Å²) < 4.78 is 1.57. The van der Waals surface area contributed by atoms with Gasteiger partial charge in [0.15, 0.2) is 0 Å². The monoisotopic (exact) mass is 409 g/mol. The molecule has 0 saturated heterocycles. The van der Waals surface area contributed by atoms with Gasteiger partial charge < -0.3 is 4.90 Å². The van der Waals surface area contributed by atoms with Crippen molar-refractivity contribution in [1.29, 1.82) is 0 Å². The fraction of sp³-hybridized carbons (Fsp3) is 0.192. The highest BCUT2D eigenvalue weighted by Gasteiger charge is 2.38. The first-order valence-corrected chi connectivity index (χ1v) is 10.4. The molecule has 0 aliphatic carbocycles. The maximum Gasteiger partial charge on any atom is 0.261 e. The molecule has 154 valence electrons. The third-order valence-corrected chi connectivity index (χ3v) is 6.06. The highest BCUT2D eigenvalue weighted by atomic mass is 16.2. The zero-order valence-electron chi connectivity index (χ0n) is 17.6. The summed E-state index contributed by atoms with van der Waals surface area (Å²) in [6, 6.07) is 23.5. The van der Waals surface area contributed by atoms with E-state index in [4.69, 9.17) is 4.98 Å². The lowest BCUT2D eigenvalue weighted by molar-refractivity contribution is -0.119. The van der Waals surface area contributed by atoms with Gasteiger partial charge in [-0.15, -0.1) is 0 Å². The summed E-state index contributed by atoms with van der Waals surface area (Å²) in [7, 11) is 1.73. The van der Waals surface area contributed by atoms with Crippen LogP contribution in [0.4, 0.5) is 5.69 Å². The van der Waals surface area contributed by atoms with Gasteiger partial charge in [0.2, 0.25) is 5.91 Å². The van der Waals surface area contributed by atoms with E-state index in [0.717, 1.165) is 22.4 Å². The zero-order valence-corrected chi connectivity index (χ0v) is 17.6. The van der Waals surface area contributed by atoms with Gasteiger partial charge in [0, 0.05) is 19.2 Å². The van der Waals surface area contributed by atoms with Crippen molar-refractivity contribution in [3.05, 3.63) is 106 Å². The first-order chi connectivity index (χ1) is 15.0. The molecule has 0 bridgehead atoms. The second kappa shape index (κ2) is 7.51. The van der Waals surface area contributed by atoms with Crippen LogP contribution in [0.25, 0.3) is 10.9 Å². The molecule has 0 radical (unpaired) electrons. The molecule has 31 heavy (non-hydrogen) atoms. The van der Waals surface area contributed by atoms with Gasteiger partial charge in [-0.25, -0.2) is 4.98 Å². The minimum Gasteiger partial charge on any atom is -0.307 e. The number of benzene rings is 3. The quantitative estimate of drug-likeness (QED) is 0.510. The molecule has 5 heteroatoms. The van der Waals surface area contributed by atoms with Crippen LogP contribution in [0, 0.1) is 6.92 Å². The van der Waals surface area contributed by atoms with Crippen LogP contribution in [0.3, 0.4) is 0 Å². The maximum atomic E-state index is 13.6. The van der Waals surface area contributed by atoms with Gasteiger partial charge >= 0.3 is 0 Å². The maximum absolute atomic E-state index is 13.6. The van der Waals surface area contributed by atoms with Crippen molar-refractivity contribution in [1.82, 2.24) is 9.55 Å². The number of fused-ring (bicyclic) bond motifs is 2. The molecule has 1 atom stereocenters. The molecule has 0 unspecified atom stereocenters. The van der Waals surface area contributed by atoms with E-state index in [-0.39, 0.29) is 17.4 Å². The first-order valence-electron chi connectivity index (χ1n) is 10.4. The Kier molecular flexibility index (Phi) is 4.66. The van der Waals surface area contributed by atoms with Crippen molar-refractivity contribution >= 4 is 22.5 Å². The third kappa shape index (κ3) is 3.32. The molecular formula is C26H23N3O2. The van der Waals surface area contributed by atoms with Crippen molar-refractivity contribution in [2.45, 2.75) is 25.8 Å². The largest absolute Gasteiger partial charge is 0.307 e. The van der Waals surface area contributed by atoms with Crippen molar-refractivity contribution in [2.75, 3.05) is 4.90 Å². The lowest BCUT2D eigenvalue weighted by atomic mass is 9.95. The number of nitrogens with zero attached hydrogens (tertiary/aromatic N) is 3. The number of amides is 1. The van der Waals surface area contributed by atoms with E-state index in [1.807, 2.05) is 72.5 Å². The highest BCUT2D eigenvalue weighted by molar-refractivity contribution is 6.05. The van der Waals surface area contributed by atoms with Crippen LogP contribution >= 0.6 is 0 Å². The van der Waals surface area contributed by atoms with Crippen LogP contribution in [0.15, 0.2) is 77.6 Å². The van der Waals surface area contributed by atoms with Crippen LogP contribution in [0.5, 0.6) is 0 Å². The smallest absolute Gasteiger partial charge is 0.261 e. The van der Waals surface area contributed by atoms with Crippen molar-refractivity contribution < 1.29 is 4.79 Å². The zero-order chi connectivity index (χ0) is 21.5. The predicted molar refractivity (Wildman–Crippen MR) is 122 cm³/mol. The van der Waals surface area contributed by atoms with Gasteiger partial charge in [0.05, 0.1) is 23.4 Å². The Morgan fingerprint density at radius 1 is 0.935 bits per heavy atom. The average molecular weight is 409 g/mol. The highest BCUT2D eigenvalue weighted by Crippen LogP contribution is 2.40. The van der Waals surface area contributed by atoms with Gasteiger partial charge in [-0.3, -0.25) is 14.2 Å². The number of aryl methyl sites for hydroxylation is 1. The van der Waals surface area contributed by atoms with E-state index in [0.29, 0.717) is 29.7 Å². The van der Waals surface area contributed by atoms with Crippen LogP contribution in [-0.2, 0) is 24.8 Å². The summed E-state index contributed by atoms with van der Waals surface area (Å²) in [5.74, 6) is 0.306. The summed E-state index contributed by atoms with van der Waals surface area (Å²) in [4.78, 5) is 33.0. The van der Waals surface area contributed by atoms with Gasteiger partial charge in [0.1, 0.15) is 5.82 Å². The Bertz CT molecular complexity index is 1360. The minimum atomic E-state index is -0.363. The molecule has 5 nitrogen and oxygen atoms in total. The van der Waals surface area contributed by atoms with E-state index in [9.17, 15) is 9.59 Å². The molecule has 3 aromatic carbocycles. The molecular weight excluding hydrogens is 386 g/mol. The van der Waals surface area contributed by atoms with E-state index in [1.54, 1.807) is 17.7 Å². The second-order valence-corrected chi connectivity index (χ2v) is 8.14. The molecule has 0 saturated carbocycles. The standard InChI is InChI=1S/C26H23N3O2/c1-17-12-13-23-20(14-17)21(26(31)29(23)16-18-8-4-3-5-9-18)15-24-27-22-11-7-6-10-19(22)25(30)28(24)2/h3-14,21H,15-16H2,1-2H3/t21-/m1/s1. The van der Waals surface area contributed by atoms with E-state index in [2.05, 4.69) is 6.07 Å². The SMILES string of the molecule is Cc1ccc2c(c1)[C@@H](Cc1nc3ccccc3c(=O)n1C)C(=O)N2Cc1ccccc1. The average Bonchev–Trinajstić information content (AvgIpc) is 3.03. The minimum absolute atomic E-state index is 0.0480. The molecule has 0 spiro atoms. The van der Waals surface area contributed by atoms with Gasteiger partial charge in [-0.2, -0.15) is 0 Å². The van der Waals surface area contributed by atoms with E-state index < -0.39 is 0 Å². The number of hydrogen-bond donors (Lipinski definition) is 0. The number of anilines is 1.